The van der Waals surface area contributed by atoms with Gasteiger partial charge in [-0.15, -0.1) is 0 Å². The van der Waals surface area contributed by atoms with Crippen LogP contribution in [0.25, 0.3) is 10.9 Å². The molecule has 0 saturated heterocycles. The molecule has 0 aliphatic heterocycles. The molecule has 0 spiro atoms. The molecule has 2 aromatic carbocycles. The Morgan fingerprint density at radius 3 is 2.86 bits per heavy atom. The lowest BCUT2D eigenvalue weighted by atomic mass is 10.2. The van der Waals surface area contributed by atoms with Crippen molar-refractivity contribution in [3.05, 3.63) is 47.7 Å². The summed E-state index contributed by atoms with van der Waals surface area (Å²) in [6.45, 7) is 1.40. The Kier molecular flexibility index (Phi) is 6.13. The van der Waals surface area contributed by atoms with Crippen molar-refractivity contribution in [2.75, 3.05) is 18.5 Å². The van der Waals surface area contributed by atoms with Crippen LogP contribution < -0.4 is 15.4 Å². The molecule has 0 bridgehead atoms. The number of halogens is 1. The minimum absolute atomic E-state index is 0.0114. The molecular formula is C19H19ClN4O4. The SMILES string of the molecule is C[C@@H](COc1cccc2ncnc(Nc3ccc(O)c(Cl)c3)c12)NC(=O)CO. The molecule has 3 rings (SSSR count). The third kappa shape index (κ3) is 4.59. The van der Waals surface area contributed by atoms with Crippen molar-refractivity contribution in [3.63, 3.8) is 0 Å². The molecule has 0 radical (unpaired) electrons. The highest BCUT2D eigenvalue weighted by molar-refractivity contribution is 6.32. The van der Waals surface area contributed by atoms with Gasteiger partial charge >= 0.3 is 0 Å². The second kappa shape index (κ2) is 8.73. The van der Waals surface area contributed by atoms with Crippen LogP contribution in [0.15, 0.2) is 42.7 Å². The number of phenols is 1. The maximum atomic E-state index is 11.3. The molecule has 4 N–H and O–H groups in total. The minimum Gasteiger partial charge on any atom is -0.506 e. The fourth-order valence-corrected chi connectivity index (χ4v) is 2.77. The number of nitrogens with one attached hydrogen (secondary N) is 2. The highest BCUT2D eigenvalue weighted by atomic mass is 35.5. The number of carbonyl (C=O) groups is 1. The number of fused-ring (bicyclic) bond motifs is 1. The summed E-state index contributed by atoms with van der Waals surface area (Å²) in [7, 11) is 0. The first kappa shape index (κ1) is 19.7. The average Bonchev–Trinajstić information content (AvgIpc) is 2.69. The zero-order valence-electron chi connectivity index (χ0n) is 15.0. The van der Waals surface area contributed by atoms with Gasteiger partial charge in [0, 0.05) is 5.69 Å². The Morgan fingerprint density at radius 1 is 1.29 bits per heavy atom. The van der Waals surface area contributed by atoms with Crippen LogP contribution in [0.3, 0.4) is 0 Å². The van der Waals surface area contributed by atoms with Gasteiger partial charge in [0.25, 0.3) is 0 Å². The summed E-state index contributed by atoms with van der Waals surface area (Å²) in [6, 6.07) is 9.86. The molecule has 9 heteroatoms. The normalized spacial score (nSPS) is 11.8. The molecule has 3 aromatic rings. The second-order valence-electron chi connectivity index (χ2n) is 6.10. The third-order valence-electron chi connectivity index (χ3n) is 3.87. The third-order valence-corrected chi connectivity index (χ3v) is 4.18. The number of hydrogen-bond donors (Lipinski definition) is 4. The topological polar surface area (TPSA) is 117 Å². The number of phenolic OH excluding ortho intramolecular Hbond substituents is 1. The molecule has 1 amide bonds. The average molecular weight is 403 g/mol. The van der Waals surface area contributed by atoms with E-state index in [2.05, 4.69) is 20.6 Å². The van der Waals surface area contributed by atoms with Crippen LogP contribution in [0, 0.1) is 0 Å². The number of rotatable bonds is 7. The van der Waals surface area contributed by atoms with E-state index in [4.69, 9.17) is 21.4 Å². The molecular weight excluding hydrogens is 384 g/mol. The van der Waals surface area contributed by atoms with Gasteiger partial charge in [0.1, 0.15) is 36.9 Å². The lowest BCUT2D eigenvalue weighted by Crippen LogP contribution is -2.38. The van der Waals surface area contributed by atoms with Gasteiger partial charge < -0.3 is 25.6 Å². The Morgan fingerprint density at radius 2 is 2.11 bits per heavy atom. The largest absolute Gasteiger partial charge is 0.506 e. The number of nitrogens with zero attached hydrogens (tertiary/aromatic N) is 2. The Hall–Kier alpha value is -3.10. The molecule has 8 nitrogen and oxygen atoms in total. The molecule has 1 aromatic heterocycles. The van der Waals surface area contributed by atoms with Gasteiger partial charge in [-0.3, -0.25) is 4.79 Å². The van der Waals surface area contributed by atoms with Crippen molar-refractivity contribution in [1.29, 1.82) is 0 Å². The number of aliphatic hydroxyl groups excluding tert-OH is 1. The van der Waals surface area contributed by atoms with Crippen LogP contribution in [-0.4, -0.2) is 45.3 Å². The van der Waals surface area contributed by atoms with Gasteiger partial charge in [-0.25, -0.2) is 9.97 Å². The highest BCUT2D eigenvalue weighted by Gasteiger charge is 2.13. The molecule has 0 fully saturated rings. The molecule has 1 heterocycles. The first-order valence-corrected chi connectivity index (χ1v) is 8.88. The molecule has 0 aliphatic rings. The monoisotopic (exact) mass is 402 g/mol. The van der Waals surface area contributed by atoms with E-state index in [0.717, 1.165) is 0 Å². The summed E-state index contributed by atoms with van der Waals surface area (Å²) < 4.78 is 5.87. The number of benzene rings is 2. The molecule has 146 valence electrons. The molecule has 0 aliphatic carbocycles. The van der Waals surface area contributed by atoms with Crippen molar-refractivity contribution in [2.24, 2.45) is 0 Å². The van der Waals surface area contributed by atoms with Crippen LogP contribution in [0.2, 0.25) is 5.02 Å². The van der Waals surface area contributed by atoms with Crippen LogP contribution in [0.4, 0.5) is 11.5 Å². The lowest BCUT2D eigenvalue weighted by molar-refractivity contribution is -0.124. The predicted molar refractivity (Wildman–Crippen MR) is 106 cm³/mol. The Balaban J connectivity index is 1.87. The van der Waals surface area contributed by atoms with Crippen molar-refractivity contribution in [2.45, 2.75) is 13.0 Å². The molecule has 0 unspecified atom stereocenters. The molecule has 28 heavy (non-hydrogen) atoms. The van der Waals surface area contributed by atoms with E-state index in [1.807, 2.05) is 12.1 Å². The highest BCUT2D eigenvalue weighted by Crippen LogP contribution is 2.33. The van der Waals surface area contributed by atoms with Gasteiger partial charge in [0.05, 0.1) is 22.0 Å². The Labute approximate surface area is 166 Å². The number of carbonyl (C=O) groups excluding carboxylic acids is 1. The fraction of sp³-hybridized carbons (Fsp3) is 0.211. The zero-order valence-corrected chi connectivity index (χ0v) is 15.8. The number of aliphatic hydroxyl groups is 1. The standard InChI is InChI=1S/C19H19ClN4O4/c1-11(23-17(27)8-25)9-28-16-4-2-3-14-18(16)19(22-10-21-14)24-12-5-6-15(26)13(20)7-12/h2-7,10-11,25-26H,8-9H2,1H3,(H,23,27)(H,21,22,24)/t11-/m0/s1. The van der Waals surface area contributed by atoms with E-state index in [1.54, 1.807) is 25.1 Å². The van der Waals surface area contributed by atoms with E-state index in [9.17, 15) is 9.90 Å². The van der Waals surface area contributed by atoms with E-state index in [0.29, 0.717) is 28.2 Å². The maximum Gasteiger partial charge on any atom is 0.246 e. The van der Waals surface area contributed by atoms with E-state index in [-0.39, 0.29) is 23.4 Å². The number of ether oxygens (including phenoxy) is 1. The second-order valence-corrected chi connectivity index (χ2v) is 6.51. The van der Waals surface area contributed by atoms with Gasteiger partial charge in [-0.05, 0) is 37.3 Å². The summed E-state index contributed by atoms with van der Waals surface area (Å²) >= 11 is 5.97. The summed E-state index contributed by atoms with van der Waals surface area (Å²) in [6.07, 6.45) is 1.43. The van der Waals surface area contributed by atoms with Crippen molar-refractivity contribution < 1.29 is 19.7 Å². The fourth-order valence-electron chi connectivity index (χ4n) is 2.59. The van der Waals surface area contributed by atoms with Crippen LogP contribution in [-0.2, 0) is 4.79 Å². The number of aromatic nitrogens is 2. The lowest BCUT2D eigenvalue weighted by Gasteiger charge is -2.17. The van der Waals surface area contributed by atoms with Gasteiger partial charge in [-0.2, -0.15) is 0 Å². The predicted octanol–water partition coefficient (Wildman–Crippen LogP) is 2.61. The maximum absolute atomic E-state index is 11.3. The molecule has 0 saturated carbocycles. The minimum atomic E-state index is -0.574. The van der Waals surface area contributed by atoms with Crippen molar-refractivity contribution in [1.82, 2.24) is 15.3 Å². The number of amides is 1. The van der Waals surface area contributed by atoms with E-state index >= 15 is 0 Å². The Bertz CT molecular complexity index is 994. The number of aromatic hydroxyl groups is 1. The zero-order chi connectivity index (χ0) is 20.1. The van der Waals surface area contributed by atoms with Crippen molar-refractivity contribution >= 4 is 39.9 Å². The van der Waals surface area contributed by atoms with Crippen molar-refractivity contribution in [3.8, 4) is 11.5 Å². The van der Waals surface area contributed by atoms with Gasteiger partial charge in [0.15, 0.2) is 0 Å². The van der Waals surface area contributed by atoms with E-state index in [1.165, 1.54) is 12.4 Å². The first-order valence-electron chi connectivity index (χ1n) is 8.50. The summed E-state index contributed by atoms with van der Waals surface area (Å²) in [5.41, 5.74) is 1.31. The van der Waals surface area contributed by atoms with Crippen LogP contribution >= 0.6 is 11.6 Å². The van der Waals surface area contributed by atoms with E-state index < -0.39 is 12.5 Å². The summed E-state index contributed by atoms with van der Waals surface area (Å²) in [5.74, 6) is 0.566. The quantitative estimate of drug-likeness (QED) is 0.449. The molecule has 1 atom stereocenters. The smallest absolute Gasteiger partial charge is 0.246 e. The first-order chi connectivity index (χ1) is 13.5. The van der Waals surface area contributed by atoms with Gasteiger partial charge in [0.2, 0.25) is 5.91 Å². The van der Waals surface area contributed by atoms with Crippen LogP contribution in [0.5, 0.6) is 11.5 Å². The number of hydrogen-bond acceptors (Lipinski definition) is 7. The van der Waals surface area contributed by atoms with Gasteiger partial charge in [-0.1, -0.05) is 17.7 Å². The number of anilines is 2. The summed E-state index contributed by atoms with van der Waals surface area (Å²) in [5, 5.41) is 25.0. The summed E-state index contributed by atoms with van der Waals surface area (Å²) in [4.78, 5) is 19.8. The van der Waals surface area contributed by atoms with Crippen LogP contribution in [0.1, 0.15) is 6.92 Å².